The smallest absolute Gasteiger partial charge is 0.422 e. The van der Waals surface area contributed by atoms with Gasteiger partial charge in [-0.25, -0.2) is 0 Å². The first kappa shape index (κ1) is 24.0. The highest BCUT2D eigenvalue weighted by molar-refractivity contribution is 14.0. The van der Waals surface area contributed by atoms with Crippen LogP contribution in [0.25, 0.3) is 0 Å². The molecule has 1 unspecified atom stereocenters. The Morgan fingerprint density at radius 3 is 2.66 bits per heavy atom. The molecule has 9 heteroatoms. The third kappa shape index (κ3) is 7.84. The van der Waals surface area contributed by atoms with Crippen molar-refractivity contribution in [2.75, 3.05) is 33.3 Å². The van der Waals surface area contributed by atoms with E-state index in [0.29, 0.717) is 24.0 Å². The number of rotatable bonds is 7. The summed E-state index contributed by atoms with van der Waals surface area (Å²) in [4.78, 5) is 6.79. The molecule has 0 amide bonds. The Bertz CT molecular complexity index is 695. The molecule has 1 aromatic rings. The molecule has 0 aromatic heterocycles. The lowest BCUT2D eigenvalue weighted by molar-refractivity contribution is -0.153. The second-order valence-electron chi connectivity index (χ2n) is 7.70. The van der Waals surface area contributed by atoms with E-state index in [1.807, 2.05) is 13.0 Å². The molecule has 2 aliphatic rings. The highest BCUT2D eigenvalue weighted by Gasteiger charge is 2.34. The fourth-order valence-corrected chi connectivity index (χ4v) is 3.54. The van der Waals surface area contributed by atoms with Crippen LogP contribution in [-0.2, 0) is 6.54 Å². The number of aryl methyl sites for hydroxylation is 1. The van der Waals surface area contributed by atoms with Crippen molar-refractivity contribution in [3.8, 4) is 5.75 Å². The minimum absolute atomic E-state index is 0. The number of likely N-dealkylation sites (tertiary alicyclic amines) is 1. The third-order valence-corrected chi connectivity index (χ3v) is 5.22. The molecule has 5 nitrogen and oxygen atoms in total. The maximum atomic E-state index is 12.5. The summed E-state index contributed by atoms with van der Waals surface area (Å²) in [7, 11) is 1.69. The number of hydrogen-bond donors (Lipinski definition) is 2. The molecular formula is C20H30F3IN4O. The van der Waals surface area contributed by atoms with Crippen LogP contribution in [0.5, 0.6) is 5.75 Å². The maximum Gasteiger partial charge on any atom is 0.422 e. The summed E-state index contributed by atoms with van der Waals surface area (Å²) in [6, 6.07) is 6.08. The molecule has 0 spiro atoms. The summed E-state index contributed by atoms with van der Waals surface area (Å²) >= 11 is 0. The lowest BCUT2D eigenvalue weighted by Crippen LogP contribution is -2.40. The predicted octanol–water partition coefficient (Wildman–Crippen LogP) is 3.70. The van der Waals surface area contributed by atoms with Gasteiger partial charge in [-0.3, -0.25) is 4.99 Å². The number of guanidine groups is 1. The van der Waals surface area contributed by atoms with Crippen molar-refractivity contribution in [1.29, 1.82) is 0 Å². The van der Waals surface area contributed by atoms with Gasteiger partial charge in [0.15, 0.2) is 12.6 Å². The lowest BCUT2D eigenvalue weighted by atomic mass is 10.1. The highest BCUT2D eigenvalue weighted by Crippen LogP contribution is 2.31. The van der Waals surface area contributed by atoms with Gasteiger partial charge in [-0.15, -0.1) is 24.0 Å². The summed E-state index contributed by atoms with van der Waals surface area (Å²) < 4.78 is 42.5. The quantitative estimate of drug-likeness (QED) is 0.323. The number of benzene rings is 1. The van der Waals surface area contributed by atoms with Crippen molar-refractivity contribution in [2.45, 2.75) is 44.9 Å². The van der Waals surface area contributed by atoms with Crippen LogP contribution in [0.15, 0.2) is 23.2 Å². The molecule has 29 heavy (non-hydrogen) atoms. The van der Waals surface area contributed by atoms with E-state index in [1.165, 1.54) is 25.8 Å². The zero-order chi connectivity index (χ0) is 20.1. The van der Waals surface area contributed by atoms with E-state index in [-0.39, 0.29) is 29.7 Å². The van der Waals surface area contributed by atoms with Crippen LogP contribution in [0, 0.1) is 12.8 Å². The number of nitrogens with zero attached hydrogens (tertiary/aromatic N) is 2. The van der Waals surface area contributed by atoms with Gasteiger partial charge in [0, 0.05) is 38.3 Å². The molecule has 1 heterocycles. The summed E-state index contributed by atoms with van der Waals surface area (Å²) in [6.45, 7) is 4.01. The Kier molecular flexibility index (Phi) is 8.87. The standard InChI is InChI=1S/C20H29F3N4O.HI/c1-14-3-4-16(18(9-14)28-13-20(21,22)23)11-26-19(24-2)25-10-15-7-8-27(12-15)17-5-6-17;/h3-4,9,15,17H,5-8,10-13H2,1-2H3,(H2,24,25,26);1H. The minimum Gasteiger partial charge on any atom is -0.484 e. The summed E-state index contributed by atoms with van der Waals surface area (Å²) in [5.74, 6) is 1.49. The first-order chi connectivity index (χ1) is 13.3. The van der Waals surface area contributed by atoms with Crippen LogP contribution >= 0.6 is 24.0 Å². The number of aliphatic imine (C=N–C) groups is 1. The van der Waals surface area contributed by atoms with Crippen molar-refractivity contribution in [2.24, 2.45) is 10.9 Å². The van der Waals surface area contributed by atoms with Crippen molar-refractivity contribution in [1.82, 2.24) is 15.5 Å². The van der Waals surface area contributed by atoms with Gasteiger partial charge in [-0.1, -0.05) is 12.1 Å². The van der Waals surface area contributed by atoms with Gasteiger partial charge in [-0.2, -0.15) is 13.2 Å². The average molecular weight is 526 g/mol. The van der Waals surface area contributed by atoms with Gasteiger partial charge < -0.3 is 20.3 Å². The second-order valence-corrected chi connectivity index (χ2v) is 7.70. The van der Waals surface area contributed by atoms with Gasteiger partial charge >= 0.3 is 6.18 Å². The number of alkyl halides is 3. The van der Waals surface area contributed by atoms with Crippen LogP contribution in [0.4, 0.5) is 13.2 Å². The van der Waals surface area contributed by atoms with E-state index < -0.39 is 12.8 Å². The van der Waals surface area contributed by atoms with Crippen molar-refractivity contribution < 1.29 is 17.9 Å². The number of halogens is 4. The van der Waals surface area contributed by atoms with Crippen molar-refractivity contribution in [3.05, 3.63) is 29.3 Å². The fraction of sp³-hybridized carbons (Fsp3) is 0.650. The molecule has 1 saturated carbocycles. The van der Waals surface area contributed by atoms with Gasteiger partial charge in [0.2, 0.25) is 0 Å². The number of hydrogen-bond acceptors (Lipinski definition) is 3. The second kappa shape index (κ2) is 10.7. The normalized spacial score (nSPS) is 20.3. The summed E-state index contributed by atoms with van der Waals surface area (Å²) in [5.41, 5.74) is 1.52. The molecule has 1 atom stereocenters. The van der Waals surface area contributed by atoms with Crippen molar-refractivity contribution >= 4 is 29.9 Å². The predicted molar refractivity (Wildman–Crippen MR) is 119 cm³/mol. The molecule has 164 valence electrons. The first-order valence-corrected chi connectivity index (χ1v) is 9.81. The third-order valence-electron chi connectivity index (χ3n) is 5.22. The van der Waals surface area contributed by atoms with Crippen LogP contribution in [-0.4, -0.2) is 56.4 Å². The Balaban J connectivity index is 0.00000300. The van der Waals surface area contributed by atoms with Crippen molar-refractivity contribution in [3.63, 3.8) is 0 Å². The Labute approximate surface area is 187 Å². The molecule has 1 saturated heterocycles. The van der Waals surface area contributed by atoms with E-state index in [2.05, 4.69) is 20.5 Å². The zero-order valence-electron chi connectivity index (χ0n) is 16.9. The topological polar surface area (TPSA) is 48.9 Å². The van der Waals surface area contributed by atoms with E-state index in [4.69, 9.17) is 4.74 Å². The van der Waals surface area contributed by atoms with E-state index in [9.17, 15) is 13.2 Å². The minimum atomic E-state index is -4.36. The highest BCUT2D eigenvalue weighted by atomic mass is 127. The average Bonchev–Trinajstić information content (AvgIpc) is 3.39. The molecule has 2 fully saturated rings. The number of nitrogens with one attached hydrogen (secondary N) is 2. The monoisotopic (exact) mass is 526 g/mol. The van der Waals surface area contributed by atoms with Crippen LogP contribution in [0.3, 0.4) is 0 Å². The molecular weight excluding hydrogens is 496 g/mol. The van der Waals surface area contributed by atoms with E-state index in [0.717, 1.165) is 24.7 Å². The molecule has 3 rings (SSSR count). The number of ether oxygens (including phenoxy) is 1. The van der Waals surface area contributed by atoms with Crippen LogP contribution < -0.4 is 15.4 Å². The SMILES string of the molecule is CN=C(NCc1ccc(C)cc1OCC(F)(F)F)NCC1CCN(C2CC2)C1.I. The Morgan fingerprint density at radius 2 is 2.00 bits per heavy atom. The largest absolute Gasteiger partial charge is 0.484 e. The van der Waals surface area contributed by atoms with Gasteiger partial charge in [-0.05, 0) is 50.3 Å². The molecule has 2 N–H and O–H groups in total. The molecule has 1 aliphatic heterocycles. The molecule has 1 aromatic carbocycles. The maximum absolute atomic E-state index is 12.5. The fourth-order valence-electron chi connectivity index (χ4n) is 3.54. The summed E-state index contributed by atoms with van der Waals surface area (Å²) in [5, 5.41) is 6.52. The van der Waals surface area contributed by atoms with Gasteiger partial charge in [0.25, 0.3) is 0 Å². The molecule has 0 bridgehead atoms. The summed E-state index contributed by atoms with van der Waals surface area (Å²) in [6.07, 6.45) is -0.507. The van der Waals surface area contributed by atoms with Gasteiger partial charge in [0.05, 0.1) is 0 Å². The van der Waals surface area contributed by atoms with Crippen LogP contribution in [0.1, 0.15) is 30.4 Å². The van der Waals surface area contributed by atoms with Gasteiger partial charge in [0.1, 0.15) is 5.75 Å². The van der Waals surface area contributed by atoms with Crippen LogP contribution in [0.2, 0.25) is 0 Å². The molecule has 1 aliphatic carbocycles. The zero-order valence-corrected chi connectivity index (χ0v) is 19.2. The Hall–Kier alpha value is -1.23. The first-order valence-electron chi connectivity index (χ1n) is 9.81. The molecule has 0 radical (unpaired) electrons. The lowest BCUT2D eigenvalue weighted by Gasteiger charge is -2.18. The Morgan fingerprint density at radius 1 is 1.24 bits per heavy atom. The van der Waals surface area contributed by atoms with E-state index >= 15 is 0 Å². The van der Waals surface area contributed by atoms with E-state index in [1.54, 1.807) is 19.2 Å².